The van der Waals surface area contributed by atoms with Gasteiger partial charge in [0.05, 0.1) is 30.3 Å². The van der Waals surface area contributed by atoms with Crippen LogP contribution in [0.25, 0.3) is 5.69 Å². The first-order chi connectivity index (χ1) is 12.1. The van der Waals surface area contributed by atoms with E-state index in [0.29, 0.717) is 18.0 Å². The molecule has 1 aromatic carbocycles. The summed E-state index contributed by atoms with van der Waals surface area (Å²) in [6.45, 7) is 2.20. The Morgan fingerprint density at radius 2 is 2.04 bits per heavy atom. The summed E-state index contributed by atoms with van der Waals surface area (Å²) in [6, 6.07) is 11.4. The zero-order valence-electron chi connectivity index (χ0n) is 13.9. The lowest BCUT2D eigenvalue weighted by molar-refractivity contribution is 0.0950. The number of nitrogens with one attached hydrogen (secondary N) is 1. The molecule has 2 heterocycles. The summed E-state index contributed by atoms with van der Waals surface area (Å²) < 4.78 is 7.93. The summed E-state index contributed by atoms with van der Waals surface area (Å²) in [5, 5.41) is 7.21. The molecule has 1 N–H and O–H groups in total. The Morgan fingerprint density at radius 1 is 1.28 bits per heavy atom. The van der Waals surface area contributed by atoms with Gasteiger partial charge in [0.1, 0.15) is 0 Å². The lowest BCUT2D eigenvalue weighted by Gasteiger charge is -2.09. The van der Waals surface area contributed by atoms with Crippen LogP contribution in [-0.4, -0.2) is 27.8 Å². The number of aromatic nitrogens is 3. The molecule has 128 valence electrons. The fraction of sp³-hybridized carbons (Fsp3) is 0.167. The van der Waals surface area contributed by atoms with Crippen molar-refractivity contribution in [2.45, 2.75) is 13.5 Å². The molecule has 0 atom stereocenters. The summed E-state index contributed by atoms with van der Waals surface area (Å²) in [6.07, 6.45) is 3.23. The van der Waals surface area contributed by atoms with E-state index in [1.54, 1.807) is 30.3 Å². The third-order valence-electron chi connectivity index (χ3n) is 3.81. The molecule has 0 saturated heterocycles. The first-order valence-electron chi connectivity index (χ1n) is 7.67. The zero-order valence-corrected chi connectivity index (χ0v) is 15.4. The minimum absolute atomic E-state index is 0.188. The number of halogens is 1. The first-order valence-corrected chi connectivity index (χ1v) is 8.46. The number of carbonyl (C=O) groups is 1. The second-order valence-corrected chi connectivity index (χ2v) is 6.30. The summed E-state index contributed by atoms with van der Waals surface area (Å²) >= 11 is 3.41. The molecule has 0 bridgehead atoms. The molecule has 3 aromatic rings. The molecule has 6 nitrogen and oxygen atoms in total. The van der Waals surface area contributed by atoms with E-state index in [1.807, 2.05) is 37.3 Å². The topological polar surface area (TPSA) is 69.0 Å². The number of carbonyl (C=O) groups excluding carboxylic acids is 1. The van der Waals surface area contributed by atoms with Crippen molar-refractivity contribution >= 4 is 21.8 Å². The summed E-state index contributed by atoms with van der Waals surface area (Å²) in [4.78, 5) is 16.6. The van der Waals surface area contributed by atoms with Crippen molar-refractivity contribution in [3.8, 4) is 11.6 Å². The standard InChI is InChI=1S/C18H17BrN4O2/c1-12-16(11-22-23(12)15-7-5-14(19)6-8-15)17(24)21-10-13-4-3-9-20-18(13)25-2/h3-9,11H,10H2,1-2H3,(H,21,24). The quantitative estimate of drug-likeness (QED) is 0.713. The minimum atomic E-state index is -0.188. The Hall–Kier alpha value is -2.67. The van der Waals surface area contributed by atoms with Gasteiger partial charge < -0.3 is 10.1 Å². The number of methoxy groups -OCH3 is 1. The molecule has 0 radical (unpaired) electrons. The Morgan fingerprint density at radius 3 is 2.76 bits per heavy atom. The molecule has 0 fully saturated rings. The van der Waals surface area contributed by atoms with Gasteiger partial charge in [0.15, 0.2) is 0 Å². The highest BCUT2D eigenvalue weighted by Crippen LogP contribution is 2.18. The molecule has 0 aliphatic heterocycles. The number of nitrogens with zero attached hydrogens (tertiary/aromatic N) is 3. The number of pyridine rings is 1. The lowest BCUT2D eigenvalue weighted by Crippen LogP contribution is -2.23. The zero-order chi connectivity index (χ0) is 17.8. The number of ether oxygens (including phenoxy) is 1. The van der Waals surface area contributed by atoms with Crippen molar-refractivity contribution in [3.05, 3.63) is 70.1 Å². The van der Waals surface area contributed by atoms with E-state index < -0.39 is 0 Å². The lowest BCUT2D eigenvalue weighted by atomic mass is 10.2. The van der Waals surface area contributed by atoms with Crippen molar-refractivity contribution in [2.75, 3.05) is 7.11 Å². The van der Waals surface area contributed by atoms with E-state index in [-0.39, 0.29) is 5.91 Å². The van der Waals surface area contributed by atoms with Gasteiger partial charge in [-0.05, 0) is 37.3 Å². The Labute approximate surface area is 154 Å². The molecule has 3 rings (SSSR count). The number of amides is 1. The van der Waals surface area contributed by atoms with E-state index in [1.165, 1.54) is 0 Å². The maximum absolute atomic E-state index is 12.5. The average molecular weight is 401 g/mol. The van der Waals surface area contributed by atoms with E-state index in [2.05, 4.69) is 31.3 Å². The largest absolute Gasteiger partial charge is 0.481 e. The molecule has 1 amide bonds. The Balaban J connectivity index is 1.76. The smallest absolute Gasteiger partial charge is 0.255 e. The van der Waals surface area contributed by atoms with Gasteiger partial charge in [0, 0.05) is 22.8 Å². The van der Waals surface area contributed by atoms with Crippen LogP contribution in [0.3, 0.4) is 0 Å². The number of rotatable bonds is 5. The third-order valence-corrected chi connectivity index (χ3v) is 4.34. The molecule has 0 saturated carbocycles. The van der Waals surface area contributed by atoms with Gasteiger partial charge in [0.25, 0.3) is 5.91 Å². The SMILES string of the molecule is COc1ncccc1CNC(=O)c1cnn(-c2ccc(Br)cc2)c1C. The fourth-order valence-corrected chi connectivity index (χ4v) is 2.75. The van der Waals surface area contributed by atoms with Crippen LogP contribution in [0.5, 0.6) is 5.88 Å². The molecular weight excluding hydrogens is 384 g/mol. The summed E-state index contributed by atoms with van der Waals surface area (Å²) in [5.41, 5.74) is 3.02. The number of hydrogen-bond acceptors (Lipinski definition) is 4. The highest BCUT2D eigenvalue weighted by atomic mass is 79.9. The van der Waals surface area contributed by atoms with Crippen molar-refractivity contribution in [3.63, 3.8) is 0 Å². The van der Waals surface area contributed by atoms with Gasteiger partial charge in [-0.3, -0.25) is 4.79 Å². The maximum atomic E-state index is 12.5. The van der Waals surface area contributed by atoms with Crippen molar-refractivity contribution < 1.29 is 9.53 Å². The summed E-state index contributed by atoms with van der Waals surface area (Å²) in [7, 11) is 1.56. The van der Waals surface area contributed by atoms with Gasteiger partial charge in [-0.15, -0.1) is 0 Å². The highest BCUT2D eigenvalue weighted by Gasteiger charge is 2.15. The van der Waals surface area contributed by atoms with E-state index >= 15 is 0 Å². The highest BCUT2D eigenvalue weighted by molar-refractivity contribution is 9.10. The number of benzene rings is 1. The fourth-order valence-electron chi connectivity index (χ4n) is 2.49. The minimum Gasteiger partial charge on any atom is -0.481 e. The predicted molar refractivity (Wildman–Crippen MR) is 98.0 cm³/mol. The van der Waals surface area contributed by atoms with Crippen LogP contribution in [0.2, 0.25) is 0 Å². The Bertz CT molecular complexity index is 890. The van der Waals surface area contributed by atoms with Crippen molar-refractivity contribution in [2.24, 2.45) is 0 Å². The molecule has 0 spiro atoms. The van der Waals surface area contributed by atoms with E-state index in [9.17, 15) is 4.79 Å². The monoisotopic (exact) mass is 400 g/mol. The average Bonchev–Trinajstić information content (AvgIpc) is 3.02. The predicted octanol–water partition coefficient (Wildman–Crippen LogP) is 3.28. The molecule has 2 aromatic heterocycles. The molecule has 0 unspecified atom stereocenters. The molecular formula is C18H17BrN4O2. The van der Waals surface area contributed by atoms with Gasteiger partial charge in [-0.25, -0.2) is 9.67 Å². The van der Waals surface area contributed by atoms with Crippen LogP contribution in [0.1, 0.15) is 21.6 Å². The maximum Gasteiger partial charge on any atom is 0.255 e. The van der Waals surface area contributed by atoms with Crippen molar-refractivity contribution in [1.82, 2.24) is 20.1 Å². The molecule has 0 aliphatic rings. The van der Waals surface area contributed by atoms with Crippen LogP contribution in [0, 0.1) is 6.92 Å². The van der Waals surface area contributed by atoms with E-state index in [0.717, 1.165) is 21.4 Å². The Kier molecular flexibility index (Phi) is 5.14. The van der Waals surface area contributed by atoms with Crippen LogP contribution in [-0.2, 0) is 6.54 Å². The van der Waals surface area contributed by atoms with Crippen LogP contribution in [0.15, 0.2) is 53.3 Å². The molecule has 25 heavy (non-hydrogen) atoms. The second kappa shape index (κ2) is 7.48. The first kappa shape index (κ1) is 17.2. The van der Waals surface area contributed by atoms with Crippen LogP contribution < -0.4 is 10.1 Å². The molecule has 0 aliphatic carbocycles. The third kappa shape index (κ3) is 3.71. The van der Waals surface area contributed by atoms with Gasteiger partial charge in [0.2, 0.25) is 5.88 Å². The van der Waals surface area contributed by atoms with Gasteiger partial charge in [-0.1, -0.05) is 22.0 Å². The summed E-state index contributed by atoms with van der Waals surface area (Å²) in [5.74, 6) is 0.317. The second-order valence-electron chi connectivity index (χ2n) is 5.39. The van der Waals surface area contributed by atoms with Gasteiger partial charge >= 0.3 is 0 Å². The normalized spacial score (nSPS) is 10.5. The molecule has 7 heteroatoms. The van der Waals surface area contributed by atoms with E-state index in [4.69, 9.17) is 4.74 Å². The van der Waals surface area contributed by atoms with Crippen LogP contribution in [0.4, 0.5) is 0 Å². The number of hydrogen-bond donors (Lipinski definition) is 1. The van der Waals surface area contributed by atoms with Crippen molar-refractivity contribution in [1.29, 1.82) is 0 Å². The van der Waals surface area contributed by atoms with Crippen LogP contribution >= 0.6 is 15.9 Å². The van der Waals surface area contributed by atoms with Gasteiger partial charge in [-0.2, -0.15) is 5.10 Å².